The van der Waals surface area contributed by atoms with Crippen molar-refractivity contribution in [2.75, 3.05) is 26.7 Å². The number of hydrogen-bond donors (Lipinski definition) is 4. The van der Waals surface area contributed by atoms with Crippen LogP contribution in [0.25, 0.3) is 0 Å². The molecule has 1 fully saturated rings. The lowest BCUT2D eigenvalue weighted by molar-refractivity contribution is -0.147. The maximum atomic E-state index is 13.9. The van der Waals surface area contributed by atoms with E-state index in [1.165, 1.54) is 5.56 Å². The van der Waals surface area contributed by atoms with E-state index in [0.717, 1.165) is 24.8 Å². The molecule has 0 bridgehead atoms. The molecule has 1 unspecified atom stereocenters. The Morgan fingerprint density at radius 3 is 2.36 bits per heavy atom. The number of carbonyl (C=O) groups is 4. The van der Waals surface area contributed by atoms with Crippen LogP contribution < -0.4 is 21.3 Å². The van der Waals surface area contributed by atoms with Crippen LogP contribution in [0.3, 0.4) is 0 Å². The van der Waals surface area contributed by atoms with Crippen molar-refractivity contribution >= 4 is 23.8 Å². The fraction of sp³-hybridized carbons (Fsp3) is 0.655. The van der Waals surface area contributed by atoms with Crippen LogP contribution in [0.5, 0.6) is 0 Å². The Hall–Kier alpha value is -3.14. The highest BCUT2D eigenvalue weighted by Gasteiger charge is 2.41. The summed E-state index contributed by atoms with van der Waals surface area (Å²) in [5.41, 5.74) is 1.88. The Morgan fingerprint density at radius 1 is 1.03 bits per heavy atom. The Labute approximate surface area is 232 Å². The van der Waals surface area contributed by atoms with Gasteiger partial charge in [-0.05, 0) is 71.0 Å². The van der Waals surface area contributed by atoms with Gasteiger partial charge in [0.05, 0.1) is 18.6 Å². The van der Waals surface area contributed by atoms with Crippen LogP contribution in [0.15, 0.2) is 24.3 Å². The highest BCUT2D eigenvalue weighted by Crippen LogP contribution is 2.30. The number of amides is 5. The van der Waals surface area contributed by atoms with E-state index in [1.54, 1.807) is 23.8 Å². The molecular weight excluding hydrogens is 496 g/mol. The number of aryl methyl sites for hydroxylation is 1. The number of fused-ring (bicyclic) bond motifs is 1. The lowest BCUT2D eigenvalue weighted by Crippen LogP contribution is -2.66. The zero-order chi connectivity index (χ0) is 28.9. The second kappa shape index (κ2) is 12.8. The second-order valence-electron chi connectivity index (χ2n) is 12.1. The van der Waals surface area contributed by atoms with E-state index in [-0.39, 0.29) is 55.3 Å². The Kier molecular flexibility index (Phi) is 9.98. The summed E-state index contributed by atoms with van der Waals surface area (Å²) in [6, 6.07) is 5.53. The normalized spacial score (nSPS) is 21.0. The molecule has 3 rings (SSSR count). The molecule has 10 heteroatoms. The van der Waals surface area contributed by atoms with Gasteiger partial charge in [-0.3, -0.25) is 14.4 Å². The summed E-state index contributed by atoms with van der Waals surface area (Å²) >= 11 is 0. The number of benzene rings is 1. The smallest absolute Gasteiger partial charge is 0.317 e. The molecule has 1 saturated heterocycles. The zero-order valence-corrected chi connectivity index (χ0v) is 24.5. The molecule has 1 aromatic carbocycles. The first-order valence-electron chi connectivity index (χ1n) is 14.1. The predicted molar refractivity (Wildman–Crippen MR) is 151 cm³/mol. The first-order chi connectivity index (χ1) is 18.3. The molecule has 0 radical (unpaired) electrons. The van der Waals surface area contributed by atoms with E-state index in [9.17, 15) is 19.2 Å². The maximum Gasteiger partial charge on any atom is 0.317 e. The summed E-state index contributed by atoms with van der Waals surface area (Å²) in [5.74, 6) is -1.09. The van der Waals surface area contributed by atoms with Gasteiger partial charge in [0.25, 0.3) is 0 Å². The van der Waals surface area contributed by atoms with E-state index < -0.39 is 23.7 Å². The van der Waals surface area contributed by atoms with Gasteiger partial charge >= 0.3 is 6.03 Å². The van der Waals surface area contributed by atoms with E-state index in [0.29, 0.717) is 0 Å². The minimum Gasteiger partial charge on any atom is -0.347 e. The Bertz CT molecular complexity index is 1050. The van der Waals surface area contributed by atoms with Crippen molar-refractivity contribution in [3.8, 4) is 0 Å². The van der Waals surface area contributed by atoms with Crippen molar-refractivity contribution in [2.24, 2.45) is 5.92 Å². The third-order valence-electron chi connectivity index (χ3n) is 7.48. The summed E-state index contributed by atoms with van der Waals surface area (Å²) in [6.45, 7) is 11.7. The fourth-order valence-corrected chi connectivity index (χ4v) is 5.13. The summed E-state index contributed by atoms with van der Waals surface area (Å²) < 4.78 is 0. The standard InChI is InChI=1S/C29H46N6O4/c1-18(2)24(32-25(36)19(3)30-7)27(38)35-16-15-34(28(39)33-29(4,5)6)17-23(35)26(37)31-22-14-10-12-20-11-8-9-13-21(20)22/h8-9,11,13,18-19,22-24,30H,10,12,14-17H2,1-7H3,(H,31,37)(H,32,36)(H,33,39)/t19-,22?,23-,24-/m0/s1. The average Bonchev–Trinajstić information content (AvgIpc) is 2.89. The van der Waals surface area contributed by atoms with Crippen LogP contribution in [0.4, 0.5) is 4.79 Å². The van der Waals surface area contributed by atoms with Crippen LogP contribution in [0, 0.1) is 5.92 Å². The van der Waals surface area contributed by atoms with Gasteiger partial charge in [0.1, 0.15) is 12.1 Å². The molecule has 1 aliphatic carbocycles. The largest absolute Gasteiger partial charge is 0.347 e. The molecule has 2 aliphatic rings. The molecule has 0 spiro atoms. The zero-order valence-electron chi connectivity index (χ0n) is 24.5. The third-order valence-corrected chi connectivity index (χ3v) is 7.48. The molecule has 39 heavy (non-hydrogen) atoms. The first-order valence-corrected chi connectivity index (χ1v) is 14.1. The SMILES string of the molecule is CN[C@@H](C)C(=O)N[C@H](C(=O)N1CCN(C(=O)NC(C)(C)C)C[C@H]1C(=O)NC1CCCc2ccccc21)C(C)C. The molecule has 1 aliphatic heterocycles. The minimum absolute atomic E-state index is 0.0690. The van der Waals surface area contributed by atoms with Crippen molar-refractivity contribution in [1.29, 1.82) is 0 Å². The molecular formula is C29H46N6O4. The van der Waals surface area contributed by atoms with E-state index in [1.807, 2.05) is 52.8 Å². The van der Waals surface area contributed by atoms with Crippen LogP contribution in [-0.2, 0) is 20.8 Å². The van der Waals surface area contributed by atoms with Crippen LogP contribution >= 0.6 is 0 Å². The molecule has 4 atom stereocenters. The molecule has 10 nitrogen and oxygen atoms in total. The summed E-state index contributed by atoms with van der Waals surface area (Å²) in [5, 5.41) is 11.9. The Balaban J connectivity index is 1.86. The average molecular weight is 543 g/mol. The fourth-order valence-electron chi connectivity index (χ4n) is 5.13. The van der Waals surface area contributed by atoms with Crippen molar-refractivity contribution in [2.45, 2.75) is 90.5 Å². The molecule has 0 aromatic heterocycles. The topological polar surface area (TPSA) is 123 Å². The predicted octanol–water partition coefficient (Wildman–Crippen LogP) is 1.95. The number of urea groups is 1. The quantitative estimate of drug-likeness (QED) is 0.420. The van der Waals surface area contributed by atoms with Crippen molar-refractivity contribution in [3.05, 3.63) is 35.4 Å². The van der Waals surface area contributed by atoms with E-state index >= 15 is 0 Å². The van der Waals surface area contributed by atoms with Gasteiger partial charge in [-0.25, -0.2) is 4.79 Å². The summed E-state index contributed by atoms with van der Waals surface area (Å²) in [7, 11) is 1.68. The van der Waals surface area contributed by atoms with Crippen molar-refractivity contribution in [1.82, 2.24) is 31.1 Å². The van der Waals surface area contributed by atoms with Crippen LogP contribution in [-0.4, -0.2) is 83.9 Å². The third kappa shape index (κ3) is 7.71. The molecule has 1 heterocycles. The van der Waals surface area contributed by atoms with Crippen LogP contribution in [0.1, 0.15) is 71.6 Å². The van der Waals surface area contributed by atoms with Gasteiger partial charge in [-0.1, -0.05) is 38.1 Å². The molecule has 1 aromatic rings. The monoisotopic (exact) mass is 542 g/mol. The van der Waals surface area contributed by atoms with Crippen molar-refractivity contribution < 1.29 is 19.2 Å². The number of hydrogen-bond acceptors (Lipinski definition) is 5. The number of piperazine rings is 1. The lowest BCUT2D eigenvalue weighted by atomic mass is 9.87. The molecule has 4 N–H and O–H groups in total. The number of carbonyl (C=O) groups excluding carboxylic acids is 4. The number of rotatable bonds is 7. The van der Waals surface area contributed by atoms with Gasteiger partial charge in [-0.15, -0.1) is 0 Å². The van der Waals surface area contributed by atoms with Gasteiger partial charge in [-0.2, -0.15) is 0 Å². The number of likely N-dealkylation sites (N-methyl/N-ethyl adjacent to an activating group) is 1. The number of nitrogens with one attached hydrogen (secondary N) is 4. The Morgan fingerprint density at radius 2 is 1.72 bits per heavy atom. The highest BCUT2D eigenvalue weighted by atomic mass is 16.2. The lowest BCUT2D eigenvalue weighted by Gasteiger charge is -2.43. The van der Waals surface area contributed by atoms with Gasteiger partial charge in [0, 0.05) is 18.6 Å². The van der Waals surface area contributed by atoms with Gasteiger partial charge in [0.15, 0.2) is 0 Å². The van der Waals surface area contributed by atoms with Gasteiger partial charge < -0.3 is 31.1 Å². The summed E-state index contributed by atoms with van der Waals surface area (Å²) in [6.07, 6.45) is 2.74. The maximum absolute atomic E-state index is 13.9. The van der Waals surface area contributed by atoms with Crippen LogP contribution in [0.2, 0.25) is 0 Å². The number of nitrogens with zero attached hydrogens (tertiary/aromatic N) is 2. The molecule has 216 valence electrons. The van der Waals surface area contributed by atoms with Crippen molar-refractivity contribution in [3.63, 3.8) is 0 Å². The first kappa shape index (κ1) is 30.4. The van der Waals surface area contributed by atoms with Gasteiger partial charge in [0.2, 0.25) is 17.7 Å². The van der Waals surface area contributed by atoms with E-state index in [2.05, 4.69) is 27.3 Å². The highest BCUT2D eigenvalue weighted by molar-refractivity contribution is 5.94. The second-order valence-corrected chi connectivity index (χ2v) is 12.1. The summed E-state index contributed by atoms with van der Waals surface area (Å²) in [4.78, 5) is 56.6. The minimum atomic E-state index is -0.883. The molecule has 0 saturated carbocycles. The van der Waals surface area contributed by atoms with E-state index in [4.69, 9.17) is 0 Å². The molecule has 5 amide bonds.